The number of amides is 1. The molecule has 8 nitrogen and oxygen atoms in total. The van der Waals surface area contributed by atoms with Crippen molar-refractivity contribution in [1.29, 1.82) is 0 Å². The molecule has 1 N–H and O–H groups in total. The average Bonchev–Trinajstić information content (AvgIpc) is 3.01. The summed E-state index contributed by atoms with van der Waals surface area (Å²) in [6.45, 7) is 2.32. The molecule has 1 saturated heterocycles. The monoisotopic (exact) mass is 537 g/mol. The molecular weight excluding hydrogens is 506 g/mol. The summed E-state index contributed by atoms with van der Waals surface area (Å²) < 4.78 is 16.6. The second-order valence-corrected chi connectivity index (χ2v) is 9.56. The van der Waals surface area contributed by atoms with Crippen molar-refractivity contribution in [2.45, 2.75) is 12.8 Å². The van der Waals surface area contributed by atoms with Crippen LogP contribution in [0.15, 0.2) is 97.2 Å². The second kappa shape index (κ2) is 12.8. The molecule has 1 aliphatic rings. The first-order valence-corrected chi connectivity index (χ1v) is 13.2. The molecule has 1 fully saturated rings. The predicted octanol–water partition coefficient (Wildman–Crippen LogP) is 6.21. The highest BCUT2D eigenvalue weighted by Gasteiger charge is 2.21. The molecule has 0 radical (unpaired) electrons. The highest BCUT2D eigenvalue weighted by Crippen LogP contribution is 2.25. The lowest BCUT2D eigenvalue weighted by Crippen LogP contribution is -2.36. The maximum absolute atomic E-state index is 12.8. The number of esters is 1. The number of nitrogens with one attached hydrogen (secondary N) is 1. The highest BCUT2D eigenvalue weighted by atomic mass is 16.5. The van der Waals surface area contributed by atoms with Crippen LogP contribution in [0.3, 0.4) is 0 Å². The van der Waals surface area contributed by atoms with Crippen molar-refractivity contribution in [3.63, 3.8) is 0 Å². The van der Waals surface area contributed by atoms with Gasteiger partial charge in [0.25, 0.3) is 5.91 Å². The summed E-state index contributed by atoms with van der Waals surface area (Å²) in [5, 5.41) is 2.91. The molecule has 2 heterocycles. The van der Waals surface area contributed by atoms with Crippen LogP contribution >= 0.6 is 0 Å². The summed E-state index contributed by atoms with van der Waals surface area (Å²) in [7, 11) is 1.37. The number of anilines is 2. The fraction of sp³-hybridized carbons (Fsp3) is 0.219. The molecule has 0 spiro atoms. The number of rotatable bonds is 9. The fourth-order valence-electron chi connectivity index (χ4n) is 4.55. The molecule has 0 unspecified atom stereocenters. The number of para-hydroxylation sites is 1. The van der Waals surface area contributed by atoms with E-state index < -0.39 is 0 Å². The zero-order chi connectivity index (χ0) is 27.7. The minimum Gasteiger partial charge on any atom is -0.493 e. The van der Waals surface area contributed by atoms with Gasteiger partial charge >= 0.3 is 5.97 Å². The van der Waals surface area contributed by atoms with E-state index in [1.165, 1.54) is 7.11 Å². The number of carbonyl (C=O) groups excluding carboxylic acids is 2. The van der Waals surface area contributed by atoms with Crippen molar-refractivity contribution in [3.8, 4) is 17.2 Å². The van der Waals surface area contributed by atoms with Gasteiger partial charge in [0.05, 0.1) is 31.2 Å². The zero-order valence-electron chi connectivity index (χ0n) is 22.3. The number of carbonyl (C=O) groups is 2. The van der Waals surface area contributed by atoms with Crippen molar-refractivity contribution in [2.24, 2.45) is 5.92 Å². The SMILES string of the molecule is COC(=O)c1cccc(OCC2CCN(c3ccc(NC(=O)c4cccc(Oc5ccccc5)c4)cn3)CC2)c1. The van der Waals surface area contributed by atoms with Gasteiger partial charge in [-0.25, -0.2) is 9.78 Å². The minimum absolute atomic E-state index is 0.231. The van der Waals surface area contributed by atoms with Gasteiger partial charge in [-0.3, -0.25) is 4.79 Å². The second-order valence-electron chi connectivity index (χ2n) is 9.56. The Morgan fingerprint density at radius 3 is 2.27 bits per heavy atom. The number of piperidine rings is 1. The van der Waals surface area contributed by atoms with Crippen molar-refractivity contribution in [3.05, 3.63) is 108 Å². The Bertz CT molecular complexity index is 1430. The summed E-state index contributed by atoms with van der Waals surface area (Å²) in [5.74, 6) is 2.66. The number of hydrogen-bond acceptors (Lipinski definition) is 7. The first-order valence-electron chi connectivity index (χ1n) is 13.2. The topological polar surface area (TPSA) is 90.0 Å². The number of aromatic nitrogens is 1. The van der Waals surface area contributed by atoms with E-state index in [4.69, 9.17) is 14.2 Å². The summed E-state index contributed by atoms with van der Waals surface area (Å²) >= 11 is 0. The van der Waals surface area contributed by atoms with Gasteiger partial charge in [-0.15, -0.1) is 0 Å². The third-order valence-corrected chi connectivity index (χ3v) is 6.76. The standard InChI is InChI=1S/C32H31N3O5/c1-38-32(37)25-8-6-11-28(20-25)39-22-23-15-17-35(18-16-23)30-14-13-26(21-33-30)34-31(36)24-7-5-12-29(19-24)40-27-9-3-2-4-10-27/h2-14,19-21,23H,15-18,22H2,1H3,(H,34,36). The molecular formula is C32H31N3O5. The van der Waals surface area contributed by atoms with E-state index in [0.717, 1.165) is 31.7 Å². The molecule has 8 heteroatoms. The first kappa shape index (κ1) is 26.7. The molecule has 0 atom stereocenters. The lowest BCUT2D eigenvalue weighted by Gasteiger charge is -2.32. The van der Waals surface area contributed by atoms with E-state index in [1.54, 1.807) is 42.6 Å². The van der Waals surface area contributed by atoms with Crippen LogP contribution in [0.1, 0.15) is 33.6 Å². The largest absolute Gasteiger partial charge is 0.493 e. The fourth-order valence-corrected chi connectivity index (χ4v) is 4.55. The lowest BCUT2D eigenvalue weighted by atomic mass is 9.98. The van der Waals surface area contributed by atoms with Crippen molar-refractivity contribution >= 4 is 23.4 Å². The van der Waals surface area contributed by atoms with Gasteiger partial charge in [-0.05, 0) is 79.4 Å². The number of pyridine rings is 1. The van der Waals surface area contributed by atoms with Crippen molar-refractivity contribution in [2.75, 3.05) is 37.0 Å². The Morgan fingerprint density at radius 2 is 1.55 bits per heavy atom. The maximum Gasteiger partial charge on any atom is 0.337 e. The van der Waals surface area contributed by atoms with E-state index in [1.807, 2.05) is 54.6 Å². The molecule has 0 bridgehead atoms. The van der Waals surface area contributed by atoms with Crippen LogP contribution in [0.5, 0.6) is 17.2 Å². The van der Waals surface area contributed by atoms with Crippen LogP contribution in [0.25, 0.3) is 0 Å². The highest BCUT2D eigenvalue weighted by molar-refractivity contribution is 6.04. The zero-order valence-corrected chi connectivity index (χ0v) is 22.3. The van der Waals surface area contributed by atoms with Crippen molar-refractivity contribution < 1.29 is 23.8 Å². The Labute approximate surface area is 233 Å². The Kier molecular flexibility index (Phi) is 8.56. The molecule has 1 amide bonds. The van der Waals surface area contributed by atoms with Crippen LogP contribution in [-0.4, -0.2) is 43.7 Å². The van der Waals surface area contributed by atoms with Gasteiger partial charge in [-0.1, -0.05) is 30.3 Å². The molecule has 0 saturated carbocycles. The molecule has 5 rings (SSSR count). The normalized spacial score (nSPS) is 13.4. The van der Waals surface area contributed by atoms with Gasteiger partial charge in [-0.2, -0.15) is 0 Å². The molecule has 1 aromatic heterocycles. The van der Waals surface area contributed by atoms with Gasteiger partial charge in [0.15, 0.2) is 0 Å². The van der Waals surface area contributed by atoms with Crippen LogP contribution in [-0.2, 0) is 4.74 Å². The predicted molar refractivity (Wildman–Crippen MR) is 153 cm³/mol. The molecule has 0 aliphatic carbocycles. The first-order chi connectivity index (χ1) is 19.6. The third-order valence-electron chi connectivity index (χ3n) is 6.76. The number of methoxy groups -OCH3 is 1. The Balaban J connectivity index is 1.10. The van der Waals surface area contributed by atoms with E-state index in [-0.39, 0.29) is 11.9 Å². The van der Waals surface area contributed by atoms with Gasteiger partial charge in [0.2, 0.25) is 0 Å². The molecule has 1 aliphatic heterocycles. The van der Waals surface area contributed by atoms with Crippen LogP contribution in [0, 0.1) is 5.92 Å². The molecule has 40 heavy (non-hydrogen) atoms. The van der Waals surface area contributed by atoms with Crippen molar-refractivity contribution in [1.82, 2.24) is 4.98 Å². The number of hydrogen-bond donors (Lipinski definition) is 1. The van der Waals surface area contributed by atoms with Gasteiger partial charge in [0, 0.05) is 18.7 Å². The maximum atomic E-state index is 12.8. The van der Waals surface area contributed by atoms with E-state index in [0.29, 0.717) is 46.6 Å². The molecule has 3 aromatic carbocycles. The van der Waals surface area contributed by atoms with Crippen LogP contribution in [0.4, 0.5) is 11.5 Å². The van der Waals surface area contributed by atoms with E-state index in [9.17, 15) is 9.59 Å². The third kappa shape index (κ3) is 6.96. The summed E-state index contributed by atoms with van der Waals surface area (Å²) in [6.07, 6.45) is 3.62. The van der Waals surface area contributed by atoms with Crippen LogP contribution < -0.4 is 19.7 Å². The van der Waals surface area contributed by atoms with E-state index >= 15 is 0 Å². The van der Waals surface area contributed by atoms with Gasteiger partial charge in [0.1, 0.15) is 23.1 Å². The lowest BCUT2D eigenvalue weighted by molar-refractivity contribution is 0.0600. The summed E-state index contributed by atoms with van der Waals surface area (Å²) in [5.41, 5.74) is 1.60. The Morgan fingerprint density at radius 1 is 0.850 bits per heavy atom. The minimum atomic E-state index is -0.375. The average molecular weight is 538 g/mol. The number of ether oxygens (including phenoxy) is 3. The smallest absolute Gasteiger partial charge is 0.337 e. The van der Waals surface area contributed by atoms with Gasteiger partial charge < -0.3 is 24.4 Å². The Hall–Kier alpha value is -4.85. The summed E-state index contributed by atoms with van der Waals surface area (Å²) in [4.78, 5) is 31.4. The number of nitrogens with zero attached hydrogens (tertiary/aromatic N) is 2. The summed E-state index contributed by atoms with van der Waals surface area (Å²) in [6, 6.07) is 27.4. The number of benzene rings is 3. The van der Waals surface area contributed by atoms with Crippen LogP contribution in [0.2, 0.25) is 0 Å². The molecule has 204 valence electrons. The molecule has 4 aromatic rings. The quantitative estimate of drug-likeness (QED) is 0.254. The van der Waals surface area contributed by atoms with E-state index in [2.05, 4.69) is 15.2 Å².